The highest BCUT2D eigenvalue weighted by molar-refractivity contribution is 7.98. The molecule has 7 nitrogen and oxygen atoms in total. The van der Waals surface area contributed by atoms with Crippen LogP contribution < -0.4 is 10.6 Å². The van der Waals surface area contributed by atoms with Gasteiger partial charge in [0, 0.05) is 18.2 Å². The van der Waals surface area contributed by atoms with Gasteiger partial charge in [-0.3, -0.25) is 10.1 Å². The van der Waals surface area contributed by atoms with Crippen molar-refractivity contribution in [3.05, 3.63) is 41.3 Å². The molecule has 1 aliphatic heterocycles. The predicted octanol–water partition coefficient (Wildman–Crippen LogP) is 2.06. The maximum atomic E-state index is 11.9. The Morgan fingerprint density at radius 1 is 1.29 bits per heavy atom. The summed E-state index contributed by atoms with van der Waals surface area (Å²) in [6.07, 6.45) is 0.297. The Labute approximate surface area is 143 Å². The number of imide groups is 1. The first-order valence-corrected chi connectivity index (χ1v) is 8.62. The van der Waals surface area contributed by atoms with E-state index in [0.29, 0.717) is 17.5 Å². The summed E-state index contributed by atoms with van der Waals surface area (Å²) in [5.41, 5.74) is 2.39. The molecule has 0 radical (unpaired) electrons. The van der Waals surface area contributed by atoms with Crippen LogP contribution in [-0.2, 0) is 17.0 Å². The van der Waals surface area contributed by atoms with Gasteiger partial charge in [0.15, 0.2) is 0 Å². The quantitative estimate of drug-likeness (QED) is 0.804. The Morgan fingerprint density at radius 2 is 2.12 bits per heavy atom. The van der Waals surface area contributed by atoms with E-state index in [0.717, 1.165) is 5.75 Å². The number of rotatable bonds is 5. The van der Waals surface area contributed by atoms with Gasteiger partial charge in [-0.15, -0.1) is 10.2 Å². The highest BCUT2D eigenvalue weighted by atomic mass is 32.2. The summed E-state index contributed by atoms with van der Waals surface area (Å²) >= 11 is 1.46. The van der Waals surface area contributed by atoms with Crippen LogP contribution in [0.2, 0.25) is 0 Å². The van der Waals surface area contributed by atoms with Gasteiger partial charge < -0.3 is 9.73 Å². The van der Waals surface area contributed by atoms with Crippen LogP contribution in [0.1, 0.15) is 23.9 Å². The lowest BCUT2D eigenvalue weighted by molar-refractivity contribution is -0.125. The van der Waals surface area contributed by atoms with Crippen LogP contribution in [-0.4, -0.2) is 28.2 Å². The van der Waals surface area contributed by atoms with Gasteiger partial charge in [0.1, 0.15) is 0 Å². The van der Waals surface area contributed by atoms with Crippen molar-refractivity contribution in [1.82, 2.24) is 20.8 Å². The monoisotopic (exact) mass is 346 g/mol. The maximum absolute atomic E-state index is 11.9. The van der Waals surface area contributed by atoms with Crippen LogP contribution >= 0.6 is 11.8 Å². The molecule has 1 aliphatic rings. The average Bonchev–Trinajstić information content (AvgIpc) is 2.97. The molecule has 0 aliphatic carbocycles. The highest BCUT2D eigenvalue weighted by Gasteiger charge is 2.33. The summed E-state index contributed by atoms with van der Waals surface area (Å²) in [6, 6.07) is 7.48. The number of aromatic nitrogens is 2. The zero-order valence-corrected chi connectivity index (χ0v) is 14.2. The average molecular weight is 346 g/mol. The molecular weight excluding hydrogens is 328 g/mol. The third kappa shape index (κ3) is 3.94. The van der Waals surface area contributed by atoms with E-state index < -0.39 is 11.9 Å². The number of urea groups is 1. The molecule has 126 valence electrons. The van der Waals surface area contributed by atoms with E-state index in [4.69, 9.17) is 4.42 Å². The first-order valence-electron chi connectivity index (χ1n) is 7.63. The number of nitrogens with one attached hydrogen (secondary N) is 2. The van der Waals surface area contributed by atoms with Gasteiger partial charge in [-0.25, -0.2) is 4.79 Å². The Kier molecular flexibility index (Phi) is 4.84. The molecule has 3 rings (SSSR count). The van der Waals surface area contributed by atoms with Gasteiger partial charge in [0.2, 0.25) is 11.8 Å². The van der Waals surface area contributed by atoms with Gasteiger partial charge in [-0.05, 0) is 19.4 Å². The summed E-state index contributed by atoms with van der Waals surface area (Å²) < 4.78 is 5.61. The molecule has 2 unspecified atom stereocenters. The lowest BCUT2D eigenvalue weighted by Gasteiger charge is -2.27. The highest BCUT2D eigenvalue weighted by Crippen LogP contribution is 2.23. The number of nitrogens with zero attached hydrogens (tertiary/aromatic N) is 2. The topological polar surface area (TPSA) is 97.1 Å². The lowest BCUT2D eigenvalue weighted by atomic mass is 9.95. The number of amides is 3. The van der Waals surface area contributed by atoms with Crippen molar-refractivity contribution in [2.45, 2.75) is 37.3 Å². The molecule has 1 aromatic carbocycles. The van der Waals surface area contributed by atoms with Gasteiger partial charge in [-0.2, -0.15) is 0 Å². The Hall–Kier alpha value is -2.35. The summed E-state index contributed by atoms with van der Waals surface area (Å²) in [5, 5.41) is 13.4. The van der Waals surface area contributed by atoms with Crippen LogP contribution in [0.4, 0.5) is 4.79 Å². The van der Waals surface area contributed by atoms with E-state index in [1.54, 1.807) is 6.92 Å². The summed E-state index contributed by atoms with van der Waals surface area (Å²) in [6.45, 7) is 3.83. The maximum Gasteiger partial charge on any atom is 0.321 e. The minimum atomic E-state index is -0.469. The molecule has 0 bridgehead atoms. The van der Waals surface area contributed by atoms with E-state index in [-0.39, 0.29) is 11.9 Å². The third-order valence-corrected chi connectivity index (χ3v) is 4.71. The standard InChI is InChI=1S/C16H18N4O3S/c1-9-4-3-5-11(6-9)8-24-16-20-19-13(23-16)7-12-10(2)17-15(22)18-14(12)21/h3-6,10,12H,7-8H2,1-2H3,(H2,17,18,21,22). The molecule has 1 saturated heterocycles. The normalized spacial score (nSPS) is 20.6. The van der Waals surface area contributed by atoms with Crippen LogP contribution in [0.15, 0.2) is 33.9 Å². The zero-order valence-electron chi connectivity index (χ0n) is 13.4. The molecule has 2 atom stereocenters. The molecule has 0 saturated carbocycles. The van der Waals surface area contributed by atoms with Crippen LogP contribution in [0.3, 0.4) is 0 Å². The minimum absolute atomic E-state index is 0.276. The second-order valence-corrected chi connectivity index (χ2v) is 6.73. The fraction of sp³-hybridized carbons (Fsp3) is 0.375. The SMILES string of the molecule is Cc1cccc(CSc2nnc(CC3C(=O)NC(=O)NC3C)o2)c1. The molecule has 2 N–H and O–H groups in total. The molecular formula is C16H18N4O3S. The number of hydrogen-bond donors (Lipinski definition) is 2. The van der Waals surface area contributed by atoms with Gasteiger partial charge >= 0.3 is 6.03 Å². The molecule has 2 aromatic rings. The van der Waals surface area contributed by atoms with Crippen LogP contribution in [0.25, 0.3) is 0 Å². The zero-order chi connectivity index (χ0) is 17.1. The third-order valence-electron chi connectivity index (χ3n) is 3.82. The summed E-state index contributed by atoms with van der Waals surface area (Å²) in [4.78, 5) is 23.1. The van der Waals surface area contributed by atoms with Crippen molar-refractivity contribution in [3.63, 3.8) is 0 Å². The van der Waals surface area contributed by atoms with Crippen molar-refractivity contribution in [2.24, 2.45) is 5.92 Å². The van der Waals surface area contributed by atoms with Crippen molar-refractivity contribution in [2.75, 3.05) is 0 Å². The smallest absolute Gasteiger partial charge is 0.321 e. The van der Waals surface area contributed by atoms with E-state index in [9.17, 15) is 9.59 Å². The predicted molar refractivity (Wildman–Crippen MR) is 88.4 cm³/mol. The molecule has 1 aromatic heterocycles. The largest absolute Gasteiger partial charge is 0.416 e. The molecule has 8 heteroatoms. The van der Waals surface area contributed by atoms with Gasteiger partial charge in [-0.1, -0.05) is 41.6 Å². The minimum Gasteiger partial charge on any atom is -0.416 e. The first-order chi connectivity index (χ1) is 11.5. The van der Waals surface area contributed by atoms with Crippen molar-refractivity contribution in [1.29, 1.82) is 0 Å². The number of thioether (sulfide) groups is 1. The summed E-state index contributed by atoms with van der Waals surface area (Å²) in [5.74, 6) is 0.390. The fourth-order valence-electron chi connectivity index (χ4n) is 2.56. The lowest BCUT2D eigenvalue weighted by Crippen LogP contribution is -2.57. The molecule has 1 fully saturated rings. The first kappa shape index (κ1) is 16.5. The number of hydrogen-bond acceptors (Lipinski definition) is 6. The van der Waals surface area contributed by atoms with E-state index >= 15 is 0 Å². The number of carbonyl (C=O) groups is 2. The van der Waals surface area contributed by atoms with Crippen LogP contribution in [0.5, 0.6) is 0 Å². The van der Waals surface area contributed by atoms with E-state index in [1.807, 2.05) is 25.1 Å². The van der Waals surface area contributed by atoms with Crippen molar-refractivity contribution >= 4 is 23.7 Å². The second-order valence-electron chi connectivity index (χ2n) is 5.80. The van der Waals surface area contributed by atoms with Crippen molar-refractivity contribution in [3.8, 4) is 0 Å². The second kappa shape index (κ2) is 7.04. The fourth-order valence-corrected chi connectivity index (χ4v) is 3.28. The van der Waals surface area contributed by atoms with Gasteiger partial charge in [0.25, 0.3) is 5.22 Å². The van der Waals surface area contributed by atoms with E-state index in [2.05, 4.69) is 26.9 Å². The van der Waals surface area contributed by atoms with Gasteiger partial charge in [0.05, 0.1) is 5.92 Å². The molecule has 24 heavy (non-hydrogen) atoms. The number of benzene rings is 1. The van der Waals surface area contributed by atoms with Crippen molar-refractivity contribution < 1.29 is 14.0 Å². The summed E-state index contributed by atoms with van der Waals surface area (Å²) in [7, 11) is 0. The Balaban J connectivity index is 1.59. The molecule has 0 spiro atoms. The Morgan fingerprint density at radius 3 is 2.88 bits per heavy atom. The number of carbonyl (C=O) groups excluding carboxylic acids is 2. The van der Waals surface area contributed by atoms with Crippen LogP contribution in [0, 0.1) is 12.8 Å². The van der Waals surface area contributed by atoms with E-state index in [1.165, 1.54) is 22.9 Å². The Bertz CT molecular complexity index is 761. The molecule has 3 amide bonds. The molecule has 2 heterocycles. The number of aryl methyl sites for hydroxylation is 1.